The lowest BCUT2D eigenvalue weighted by molar-refractivity contribution is -0.133. The van der Waals surface area contributed by atoms with Crippen LogP contribution in [0.1, 0.15) is 30.9 Å². The van der Waals surface area contributed by atoms with Gasteiger partial charge in [0.15, 0.2) is 0 Å². The van der Waals surface area contributed by atoms with Crippen molar-refractivity contribution in [2.75, 3.05) is 18.4 Å². The summed E-state index contributed by atoms with van der Waals surface area (Å²) in [6, 6.07) is 20.6. The summed E-state index contributed by atoms with van der Waals surface area (Å²) < 4.78 is 6.65. The van der Waals surface area contributed by atoms with Crippen LogP contribution in [0.25, 0.3) is 0 Å². The summed E-state index contributed by atoms with van der Waals surface area (Å²) in [6.07, 6.45) is 0. The minimum atomic E-state index is -0.298. The molecule has 0 fully saturated rings. The van der Waals surface area contributed by atoms with E-state index >= 15 is 0 Å². The molecule has 174 valence electrons. The van der Waals surface area contributed by atoms with Gasteiger partial charge in [-0.3, -0.25) is 4.79 Å². The smallest absolute Gasteiger partial charge is 0.322 e. The Morgan fingerprint density at radius 2 is 1.64 bits per heavy atom. The van der Waals surface area contributed by atoms with E-state index < -0.39 is 0 Å². The number of hydrogen-bond acceptors (Lipinski definition) is 3. The van der Waals surface area contributed by atoms with E-state index in [-0.39, 0.29) is 24.4 Å². The normalized spacial score (nSPS) is 10.8. The summed E-state index contributed by atoms with van der Waals surface area (Å²) in [4.78, 5) is 29.7. The first kappa shape index (κ1) is 24.6. The van der Waals surface area contributed by atoms with E-state index in [1.165, 1.54) is 0 Å². The van der Waals surface area contributed by atoms with Gasteiger partial charge in [0.2, 0.25) is 5.91 Å². The van der Waals surface area contributed by atoms with Crippen LogP contribution in [0.3, 0.4) is 0 Å². The number of benzene rings is 2. The van der Waals surface area contributed by atoms with Gasteiger partial charge in [-0.2, -0.15) is 0 Å². The van der Waals surface area contributed by atoms with Crippen LogP contribution in [0.15, 0.2) is 75.6 Å². The molecule has 0 bridgehead atoms. The van der Waals surface area contributed by atoms with E-state index in [1.54, 1.807) is 9.80 Å². The molecule has 0 aliphatic heterocycles. The molecule has 2 aromatic carbocycles. The van der Waals surface area contributed by atoms with Gasteiger partial charge in [0, 0.05) is 23.2 Å². The quantitative estimate of drug-likeness (QED) is 0.379. The van der Waals surface area contributed by atoms with Crippen molar-refractivity contribution in [3.63, 3.8) is 0 Å². The van der Waals surface area contributed by atoms with Crippen LogP contribution in [-0.2, 0) is 17.9 Å². The average Bonchev–Trinajstić information content (AvgIpc) is 3.19. The Morgan fingerprint density at radius 3 is 2.24 bits per heavy atom. The zero-order valence-electron chi connectivity index (χ0n) is 19.3. The topological polar surface area (TPSA) is 65.8 Å². The molecular formula is C26H30BrN3O3. The van der Waals surface area contributed by atoms with Gasteiger partial charge < -0.3 is 19.5 Å². The third kappa shape index (κ3) is 7.79. The lowest BCUT2D eigenvalue weighted by atomic mass is 10.2. The van der Waals surface area contributed by atoms with E-state index in [2.05, 4.69) is 21.2 Å². The predicted molar refractivity (Wildman–Crippen MR) is 134 cm³/mol. The van der Waals surface area contributed by atoms with E-state index in [1.807, 2.05) is 87.5 Å². The highest BCUT2D eigenvalue weighted by Gasteiger charge is 2.23. The molecule has 3 amide bonds. The first-order valence-electron chi connectivity index (χ1n) is 11.0. The molecule has 1 aromatic heterocycles. The summed E-state index contributed by atoms with van der Waals surface area (Å²) in [5.41, 5.74) is 1.69. The fourth-order valence-electron chi connectivity index (χ4n) is 3.45. The lowest BCUT2D eigenvalue weighted by Gasteiger charge is -2.28. The van der Waals surface area contributed by atoms with Crippen molar-refractivity contribution in [2.45, 2.75) is 33.9 Å². The molecule has 0 unspecified atom stereocenters. The third-order valence-electron chi connectivity index (χ3n) is 5.01. The predicted octanol–water partition coefficient (Wildman–Crippen LogP) is 6.07. The van der Waals surface area contributed by atoms with Gasteiger partial charge in [0.05, 0.1) is 6.54 Å². The number of aryl methyl sites for hydroxylation is 1. The number of nitrogens with zero attached hydrogens (tertiary/aromatic N) is 2. The first-order chi connectivity index (χ1) is 15.8. The summed E-state index contributed by atoms with van der Waals surface area (Å²) in [5, 5.41) is 2.90. The van der Waals surface area contributed by atoms with Crippen molar-refractivity contribution >= 4 is 33.6 Å². The summed E-state index contributed by atoms with van der Waals surface area (Å²) in [5.74, 6) is 1.59. The SMILES string of the molecule is Cc1ccc(CN(Cc2ccccc2)C(=O)CN(CC(C)C)C(=O)Nc2ccc(Br)cc2)o1. The number of halogens is 1. The van der Waals surface area contributed by atoms with Crippen molar-refractivity contribution in [2.24, 2.45) is 5.92 Å². The van der Waals surface area contributed by atoms with Crippen LogP contribution < -0.4 is 5.32 Å². The standard InChI is InChI=1S/C26H30BrN3O3/c1-19(2)15-30(26(32)28-23-12-10-22(27)11-13-23)18-25(31)29(16-21-7-5-4-6-8-21)17-24-14-9-20(3)33-24/h4-14,19H,15-18H2,1-3H3,(H,28,32). The second-order valence-corrected chi connectivity index (χ2v) is 9.37. The highest BCUT2D eigenvalue weighted by Crippen LogP contribution is 2.17. The van der Waals surface area contributed by atoms with E-state index in [0.29, 0.717) is 31.1 Å². The van der Waals surface area contributed by atoms with Gasteiger partial charge in [-0.15, -0.1) is 0 Å². The molecular weight excluding hydrogens is 482 g/mol. The molecule has 0 radical (unpaired) electrons. The van der Waals surface area contributed by atoms with Gasteiger partial charge in [0.25, 0.3) is 0 Å². The van der Waals surface area contributed by atoms with Crippen molar-refractivity contribution in [1.82, 2.24) is 9.80 Å². The maximum Gasteiger partial charge on any atom is 0.322 e. The van der Waals surface area contributed by atoms with Crippen LogP contribution in [0, 0.1) is 12.8 Å². The number of hydrogen-bond donors (Lipinski definition) is 1. The molecule has 1 heterocycles. The zero-order chi connectivity index (χ0) is 23.8. The lowest BCUT2D eigenvalue weighted by Crippen LogP contribution is -2.45. The number of anilines is 1. The Balaban J connectivity index is 1.75. The Hall–Kier alpha value is -3.06. The minimum absolute atomic E-state index is 0.0208. The fourth-order valence-corrected chi connectivity index (χ4v) is 3.72. The number of carbonyl (C=O) groups is 2. The maximum atomic E-state index is 13.4. The molecule has 33 heavy (non-hydrogen) atoms. The average molecular weight is 512 g/mol. The molecule has 1 N–H and O–H groups in total. The minimum Gasteiger partial charge on any atom is -0.464 e. The number of rotatable bonds is 9. The van der Waals surface area contributed by atoms with Crippen molar-refractivity contribution in [3.05, 3.63) is 88.3 Å². The molecule has 0 aliphatic rings. The molecule has 3 rings (SSSR count). The molecule has 3 aromatic rings. The molecule has 0 saturated heterocycles. The summed E-state index contributed by atoms with van der Waals surface area (Å²) >= 11 is 3.40. The van der Waals surface area contributed by atoms with Crippen LogP contribution in [0.2, 0.25) is 0 Å². The van der Waals surface area contributed by atoms with E-state index in [4.69, 9.17) is 4.42 Å². The summed E-state index contributed by atoms with van der Waals surface area (Å²) in [6.45, 7) is 7.15. The Morgan fingerprint density at radius 1 is 0.939 bits per heavy atom. The number of amides is 3. The Labute approximate surface area is 203 Å². The molecule has 0 spiro atoms. The number of urea groups is 1. The first-order valence-corrected chi connectivity index (χ1v) is 11.8. The molecule has 0 aliphatic carbocycles. The highest BCUT2D eigenvalue weighted by molar-refractivity contribution is 9.10. The molecule has 0 atom stereocenters. The second kappa shape index (κ2) is 11.7. The molecule has 0 saturated carbocycles. The number of furan rings is 1. The number of nitrogens with one attached hydrogen (secondary N) is 1. The van der Waals surface area contributed by atoms with Gasteiger partial charge in [-0.05, 0) is 54.8 Å². The Bertz CT molecular complexity index is 1050. The van der Waals surface area contributed by atoms with E-state index in [0.717, 1.165) is 15.8 Å². The Kier molecular flexibility index (Phi) is 8.72. The monoisotopic (exact) mass is 511 g/mol. The zero-order valence-corrected chi connectivity index (χ0v) is 20.8. The third-order valence-corrected chi connectivity index (χ3v) is 5.53. The second-order valence-electron chi connectivity index (χ2n) is 8.46. The largest absolute Gasteiger partial charge is 0.464 e. The van der Waals surface area contributed by atoms with Crippen LogP contribution >= 0.6 is 15.9 Å². The van der Waals surface area contributed by atoms with Crippen LogP contribution in [-0.4, -0.2) is 34.8 Å². The highest BCUT2D eigenvalue weighted by atomic mass is 79.9. The van der Waals surface area contributed by atoms with Crippen LogP contribution in [0.4, 0.5) is 10.5 Å². The fraction of sp³-hybridized carbons (Fsp3) is 0.308. The van der Waals surface area contributed by atoms with Gasteiger partial charge >= 0.3 is 6.03 Å². The van der Waals surface area contributed by atoms with Gasteiger partial charge in [0.1, 0.15) is 18.1 Å². The van der Waals surface area contributed by atoms with Crippen molar-refractivity contribution in [3.8, 4) is 0 Å². The van der Waals surface area contributed by atoms with Crippen LogP contribution in [0.5, 0.6) is 0 Å². The molecule has 7 heteroatoms. The summed E-state index contributed by atoms with van der Waals surface area (Å²) in [7, 11) is 0. The van der Waals surface area contributed by atoms with Gasteiger partial charge in [-0.25, -0.2) is 4.79 Å². The maximum absolute atomic E-state index is 13.4. The van der Waals surface area contributed by atoms with Crippen molar-refractivity contribution < 1.29 is 14.0 Å². The number of carbonyl (C=O) groups excluding carboxylic acids is 2. The van der Waals surface area contributed by atoms with E-state index in [9.17, 15) is 9.59 Å². The van der Waals surface area contributed by atoms with Gasteiger partial charge in [-0.1, -0.05) is 60.1 Å². The molecule has 6 nitrogen and oxygen atoms in total. The van der Waals surface area contributed by atoms with Crippen molar-refractivity contribution in [1.29, 1.82) is 0 Å².